The Morgan fingerprint density at radius 1 is 1.00 bits per heavy atom. The van der Waals surface area contributed by atoms with Crippen LogP contribution in [0.25, 0.3) is 0 Å². The molecule has 0 fully saturated rings. The summed E-state index contributed by atoms with van der Waals surface area (Å²) in [6.45, 7) is 0.434. The summed E-state index contributed by atoms with van der Waals surface area (Å²) in [5, 5.41) is 0. The Balaban J connectivity index is 1.96. The van der Waals surface area contributed by atoms with Crippen molar-refractivity contribution < 1.29 is 13.2 Å². The molecule has 2 aromatic rings. The van der Waals surface area contributed by atoms with Gasteiger partial charge in [0.25, 0.3) is 0 Å². The molecule has 2 rings (SSSR count). The number of para-hydroxylation sites is 1. The van der Waals surface area contributed by atoms with Crippen LogP contribution >= 0.6 is 22.6 Å². The molecule has 0 heterocycles. The van der Waals surface area contributed by atoms with Gasteiger partial charge in [-0.05, 0) is 52.4 Å². The summed E-state index contributed by atoms with van der Waals surface area (Å²) in [5.41, 5.74) is 7.03. The van der Waals surface area contributed by atoms with Crippen LogP contribution in [0, 0.1) is 3.57 Å². The number of hydrazine groups is 1. The normalized spacial score (nSPS) is 11.4. The lowest BCUT2D eigenvalue weighted by atomic mass is 10.1. The predicted molar refractivity (Wildman–Crippen MR) is 81.1 cm³/mol. The highest BCUT2D eigenvalue weighted by molar-refractivity contribution is 14.1. The summed E-state index contributed by atoms with van der Waals surface area (Å²) in [5.74, 6) is 0. The number of benzene rings is 2. The zero-order valence-electron chi connectivity index (χ0n) is 10.3. The highest BCUT2D eigenvalue weighted by atomic mass is 127. The summed E-state index contributed by atoms with van der Waals surface area (Å²) < 4.78 is 38.1. The van der Waals surface area contributed by atoms with Crippen molar-refractivity contribution in [3.8, 4) is 0 Å². The number of rotatable bonds is 4. The van der Waals surface area contributed by atoms with E-state index in [1.807, 2.05) is 30.3 Å². The smallest absolute Gasteiger partial charge is 0.321 e. The Kier molecular flexibility index (Phi) is 4.87. The van der Waals surface area contributed by atoms with Crippen LogP contribution in [-0.2, 0) is 12.7 Å². The van der Waals surface area contributed by atoms with E-state index in [1.54, 1.807) is 22.6 Å². The molecule has 0 saturated heterocycles. The van der Waals surface area contributed by atoms with Crippen LogP contribution in [0.15, 0.2) is 48.5 Å². The molecule has 2 N–H and O–H groups in total. The molecule has 0 aliphatic rings. The molecule has 0 aromatic heterocycles. The third-order valence-corrected chi connectivity index (χ3v) is 3.53. The van der Waals surface area contributed by atoms with E-state index in [9.17, 15) is 13.2 Å². The van der Waals surface area contributed by atoms with Crippen LogP contribution < -0.4 is 10.9 Å². The van der Waals surface area contributed by atoms with E-state index in [-0.39, 0.29) is 3.57 Å². The maximum atomic E-state index is 12.6. The van der Waals surface area contributed by atoms with Gasteiger partial charge in [-0.2, -0.15) is 13.2 Å². The molecule has 0 saturated carbocycles. The number of hydrogen-bond acceptors (Lipinski definition) is 2. The second-order valence-electron chi connectivity index (χ2n) is 4.16. The summed E-state index contributed by atoms with van der Waals surface area (Å²) >= 11 is 1.71. The molecule has 0 radical (unpaired) electrons. The third-order valence-electron chi connectivity index (χ3n) is 2.64. The fourth-order valence-electron chi connectivity index (χ4n) is 1.67. The van der Waals surface area contributed by atoms with E-state index in [1.165, 1.54) is 12.1 Å². The standard InChI is InChI=1S/C14H12F3IN2/c15-14(16,17)12-7-6-10(8-13(12)18)9-19-20-11-4-2-1-3-5-11/h1-8,19-20H,9H2. The van der Waals surface area contributed by atoms with Gasteiger partial charge < -0.3 is 5.43 Å². The van der Waals surface area contributed by atoms with Crippen molar-refractivity contribution in [3.05, 3.63) is 63.2 Å². The van der Waals surface area contributed by atoms with Crippen molar-refractivity contribution in [3.63, 3.8) is 0 Å². The number of hydrogen-bond donors (Lipinski definition) is 2. The minimum Gasteiger partial charge on any atom is -0.321 e. The van der Waals surface area contributed by atoms with E-state index in [0.717, 1.165) is 17.3 Å². The fraction of sp³-hybridized carbons (Fsp3) is 0.143. The predicted octanol–water partition coefficient (Wildman–Crippen LogP) is 4.43. The van der Waals surface area contributed by atoms with Crippen LogP contribution in [-0.4, -0.2) is 0 Å². The highest BCUT2D eigenvalue weighted by Crippen LogP contribution is 2.33. The van der Waals surface area contributed by atoms with Gasteiger partial charge in [-0.25, -0.2) is 5.43 Å². The lowest BCUT2D eigenvalue weighted by molar-refractivity contribution is -0.138. The largest absolute Gasteiger partial charge is 0.417 e. The molecule has 6 heteroatoms. The van der Waals surface area contributed by atoms with Gasteiger partial charge >= 0.3 is 6.18 Å². The molecule has 2 aromatic carbocycles. The first-order valence-electron chi connectivity index (χ1n) is 5.86. The maximum Gasteiger partial charge on any atom is 0.417 e. The number of alkyl halides is 3. The van der Waals surface area contributed by atoms with Gasteiger partial charge in [-0.1, -0.05) is 24.3 Å². The molecule has 0 aliphatic heterocycles. The fourth-order valence-corrected chi connectivity index (χ4v) is 2.55. The Morgan fingerprint density at radius 2 is 1.70 bits per heavy atom. The van der Waals surface area contributed by atoms with Gasteiger partial charge in [0.1, 0.15) is 0 Å². The lowest BCUT2D eigenvalue weighted by Gasteiger charge is -2.12. The molecule has 0 aliphatic carbocycles. The van der Waals surface area contributed by atoms with Crippen LogP contribution in [0.3, 0.4) is 0 Å². The van der Waals surface area contributed by atoms with Crippen LogP contribution in [0.4, 0.5) is 18.9 Å². The van der Waals surface area contributed by atoms with Gasteiger partial charge in [0, 0.05) is 15.8 Å². The Bertz CT molecular complexity index is 570. The Hall–Kier alpha value is -1.28. The summed E-state index contributed by atoms with van der Waals surface area (Å²) in [6.07, 6.45) is -4.30. The van der Waals surface area contributed by atoms with Crippen LogP contribution in [0.2, 0.25) is 0 Å². The first-order chi connectivity index (χ1) is 9.47. The third kappa shape index (κ3) is 4.11. The van der Waals surface area contributed by atoms with Gasteiger partial charge in [-0.3, -0.25) is 0 Å². The first kappa shape index (κ1) is 15.1. The average molecular weight is 392 g/mol. The quantitative estimate of drug-likeness (QED) is 0.595. The monoisotopic (exact) mass is 392 g/mol. The molecule has 106 valence electrons. The number of nitrogens with one attached hydrogen (secondary N) is 2. The summed E-state index contributed by atoms with van der Waals surface area (Å²) in [6, 6.07) is 13.6. The van der Waals surface area contributed by atoms with Crippen LogP contribution in [0.5, 0.6) is 0 Å². The maximum absolute atomic E-state index is 12.6. The summed E-state index contributed by atoms with van der Waals surface area (Å²) in [7, 11) is 0. The van der Waals surface area contributed by atoms with Crippen molar-refractivity contribution in [1.82, 2.24) is 5.43 Å². The van der Waals surface area contributed by atoms with E-state index in [2.05, 4.69) is 10.9 Å². The first-order valence-corrected chi connectivity index (χ1v) is 6.94. The molecule has 0 bridgehead atoms. The van der Waals surface area contributed by atoms with Crippen molar-refractivity contribution in [2.75, 3.05) is 5.43 Å². The number of halogens is 4. The molecular weight excluding hydrogens is 380 g/mol. The molecule has 0 amide bonds. The van der Waals surface area contributed by atoms with Crippen LogP contribution in [0.1, 0.15) is 11.1 Å². The van der Waals surface area contributed by atoms with Crippen molar-refractivity contribution >= 4 is 28.3 Å². The zero-order chi connectivity index (χ0) is 14.6. The molecule has 20 heavy (non-hydrogen) atoms. The second-order valence-corrected chi connectivity index (χ2v) is 5.32. The summed E-state index contributed by atoms with van der Waals surface area (Å²) in [4.78, 5) is 0. The zero-order valence-corrected chi connectivity index (χ0v) is 12.5. The van der Waals surface area contributed by atoms with Crippen molar-refractivity contribution in [2.45, 2.75) is 12.7 Å². The van der Waals surface area contributed by atoms with Crippen molar-refractivity contribution in [2.24, 2.45) is 0 Å². The van der Waals surface area contributed by atoms with Gasteiger partial charge in [0.2, 0.25) is 0 Å². The average Bonchev–Trinajstić information content (AvgIpc) is 2.38. The minimum atomic E-state index is -4.30. The second kappa shape index (κ2) is 6.45. The Labute approximate surface area is 128 Å². The van der Waals surface area contributed by atoms with E-state index in [0.29, 0.717) is 6.54 Å². The molecular formula is C14H12F3IN2. The number of anilines is 1. The van der Waals surface area contributed by atoms with Gasteiger partial charge in [0.05, 0.1) is 5.56 Å². The SMILES string of the molecule is FC(F)(F)c1ccc(CNNc2ccccc2)cc1I. The van der Waals surface area contributed by atoms with E-state index in [4.69, 9.17) is 0 Å². The molecule has 2 nitrogen and oxygen atoms in total. The van der Waals surface area contributed by atoms with E-state index < -0.39 is 11.7 Å². The minimum absolute atomic E-state index is 0.203. The lowest BCUT2D eigenvalue weighted by Crippen LogP contribution is -2.21. The topological polar surface area (TPSA) is 24.1 Å². The van der Waals surface area contributed by atoms with Gasteiger partial charge in [-0.15, -0.1) is 0 Å². The van der Waals surface area contributed by atoms with Crippen molar-refractivity contribution in [1.29, 1.82) is 0 Å². The molecule has 0 unspecified atom stereocenters. The highest BCUT2D eigenvalue weighted by Gasteiger charge is 2.32. The van der Waals surface area contributed by atoms with Gasteiger partial charge in [0.15, 0.2) is 0 Å². The van der Waals surface area contributed by atoms with E-state index >= 15 is 0 Å². The Morgan fingerprint density at radius 3 is 2.30 bits per heavy atom. The molecule has 0 spiro atoms. The molecule has 0 atom stereocenters.